The van der Waals surface area contributed by atoms with Crippen LogP contribution in [-0.2, 0) is 16.9 Å². The Morgan fingerprint density at radius 1 is 1.14 bits per heavy atom. The fourth-order valence-electron chi connectivity index (χ4n) is 2.83. The van der Waals surface area contributed by atoms with Gasteiger partial charge >= 0.3 is 0 Å². The van der Waals surface area contributed by atoms with E-state index in [4.69, 9.17) is 11.5 Å². The van der Waals surface area contributed by atoms with Crippen LogP contribution in [0.2, 0.25) is 0 Å². The van der Waals surface area contributed by atoms with Crippen molar-refractivity contribution in [2.45, 2.75) is 26.0 Å². The SMILES string of the molecule is Cc1cc(CN)cc(C)c1C(O)(C(N)=O)c1ccccc1. The molecular weight excluding hydrogens is 264 g/mol. The Hall–Kier alpha value is -2.17. The Labute approximate surface area is 124 Å². The monoisotopic (exact) mass is 284 g/mol. The average molecular weight is 284 g/mol. The van der Waals surface area contributed by atoms with E-state index in [9.17, 15) is 9.90 Å². The molecule has 21 heavy (non-hydrogen) atoms. The molecule has 0 aliphatic carbocycles. The second-order valence-electron chi connectivity index (χ2n) is 5.25. The number of hydrogen-bond donors (Lipinski definition) is 3. The molecule has 1 atom stereocenters. The van der Waals surface area contributed by atoms with Gasteiger partial charge < -0.3 is 16.6 Å². The number of carbonyl (C=O) groups is 1. The predicted molar refractivity (Wildman–Crippen MR) is 82.4 cm³/mol. The first-order valence-corrected chi connectivity index (χ1v) is 6.79. The van der Waals surface area contributed by atoms with Crippen LogP contribution in [0.25, 0.3) is 0 Å². The van der Waals surface area contributed by atoms with Gasteiger partial charge in [-0.2, -0.15) is 0 Å². The Bertz CT molecular complexity index is 645. The van der Waals surface area contributed by atoms with Crippen LogP contribution >= 0.6 is 0 Å². The molecule has 110 valence electrons. The smallest absolute Gasteiger partial charge is 0.258 e. The number of aryl methyl sites for hydroxylation is 2. The van der Waals surface area contributed by atoms with E-state index in [1.54, 1.807) is 24.3 Å². The molecule has 0 saturated carbocycles. The highest BCUT2D eigenvalue weighted by atomic mass is 16.3. The standard InChI is InChI=1S/C17H20N2O2/c1-11-8-13(10-18)9-12(2)15(11)17(21,16(19)20)14-6-4-3-5-7-14/h3-9,21H,10,18H2,1-2H3,(H2,19,20). The molecule has 2 rings (SSSR count). The minimum Gasteiger partial charge on any atom is -0.372 e. The van der Waals surface area contributed by atoms with Gasteiger partial charge in [-0.3, -0.25) is 4.79 Å². The fourth-order valence-corrected chi connectivity index (χ4v) is 2.83. The average Bonchev–Trinajstić information content (AvgIpc) is 2.46. The Morgan fingerprint density at radius 2 is 1.67 bits per heavy atom. The van der Waals surface area contributed by atoms with Crippen LogP contribution in [0.3, 0.4) is 0 Å². The van der Waals surface area contributed by atoms with Gasteiger partial charge in [-0.15, -0.1) is 0 Å². The van der Waals surface area contributed by atoms with Crippen LogP contribution in [0.1, 0.15) is 27.8 Å². The molecule has 2 aromatic rings. The molecule has 0 heterocycles. The van der Waals surface area contributed by atoms with Crippen LogP contribution in [0.15, 0.2) is 42.5 Å². The summed E-state index contributed by atoms with van der Waals surface area (Å²) in [7, 11) is 0. The van der Waals surface area contributed by atoms with Crippen molar-refractivity contribution in [3.63, 3.8) is 0 Å². The van der Waals surface area contributed by atoms with Gasteiger partial charge in [0, 0.05) is 12.1 Å². The molecule has 0 aromatic heterocycles. The van der Waals surface area contributed by atoms with Crippen molar-refractivity contribution in [1.29, 1.82) is 0 Å². The van der Waals surface area contributed by atoms with E-state index in [1.165, 1.54) is 0 Å². The molecule has 1 unspecified atom stereocenters. The van der Waals surface area contributed by atoms with Crippen molar-refractivity contribution in [2.75, 3.05) is 0 Å². The lowest BCUT2D eigenvalue weighted by atomic mass is 9.80. The summed E-state index contributed by atoms with van der Waals surface area (Å²) in [6.07, 6.45) is 0. The molecular formula is C17H20N2O2. The summed E-state index contributed by atoms with van der Waals surface area (Å²) in [6, 6.07) is 12.5. The highest BCUT2D eigenvalue weighted by Gasteiger charge is 2.40. The minimum atomic E-state index is -1.84. The summed E-state index contributed by atoms with van der Waals surface area (Å²) in [5.74, 6) is -0.791. The van der Waals surface area contributed by atoms with E-state index in [1.807, 2.05) is 32.0 Å². The van der Waals surface area contributed by atoms with Gasteiger partial charge in [-0.1, -0.05) is 42.5 Å². The van der Waals surface area contributed by atoms with Gasteiger partial charge in [0.1, 0.15) is 0 Å². The van der Waals surface area contributed by atoms with Gasteiger partial charge in [0.2, 0.25) is 0 Å². The lowest BCUT2D eigenvalue weighted by molar-refractivity contribution is -0.133. The summed E-state index contributed by atoms with van der Waals surface area (Å²) in [4.78, 5) is 12.0. The van der Waals surface area contributed by atoms with E-state index in [0.717, 1.165) is 16.7 Å². The minimum absolute atomic E-state index is 0.405. The number of carbonyl (C=O) groups excluding carboxylic acids is 1. The summed E-state index contributed by atoms with van der Waals surface area (Å²) < 4.78 is 0. The van der Waals surface area contributed by atoms with Crippen molar-refractivity contribution in [3.8, 4) is 0 Å². The third-order valence-electron chi connectivity index (χ3n) is 3.74. The number of rotatable bonds is 4. The molecule has 0 radical (unpaired) electrons. The van der Waals surface area contributed by atoms with Crippen LogP contribution in [0, 0.1) is 13.8 Å². The number of primary amides is 1. The number of hydrogen-bond acceptors (Lipinski definition) is 3. The van der Waals surface area contributed by atoms with Gasteiger partial charge in [-0.05, 0) is 36.1 Å². The zero-order chi connectivity index (χ0) is 15.6. The second-order valence-corrected chi connectivity index (χ2v) is 5.25. The largest absolute Gasteiger partial charge is 0.372 e. The molecule has 0 spiro atoms. The van der Waals surface area contributed by atoms with Crippen molar-refractivity contribution in [2.24, 2.45) is 11.5 Å². The van der Waals surface area contributed by atoms with Gasteiger partial charge in [0.05, 0.1) is 0 Å². The molecule has 1 amide bonds. The molecule has 0 aliphatic heterocycles. The quantitative estimate of drug-likeness (QED) is 0.794. The maximum absolute atomic E-state index is 12.0. The normalized spacial score (nSPS) is 13.7. The van der Waals surface area contributed by atoms with Crippen LogP contribution in [-0.4, -0.2) is 11.0 Å². The van der Waals surface area contributed by atoms with Crippen LogP contribution < -0.4 is 11.5 Å². The number of amides is 1. The Kier molecular flexibility index (Phi) is 4.11. The fraction of sp³-hybridized carbons (Fsp3) is 0.235. The number of benzene rings is 2. The first-order chi connectivity index (χ1) is 9.91. The lowest BCUT2D eigenvalue weighted by Crippen LogP contribution is -2.43. The van der Waals surface area contributed by atoms with Gasteiger partial charge in [0.25, 0.3) is 5.91 Å². The topological polar surface area (TPSA) is 89.3 Å². The van der Waals surface area contributed by atoms with Crippen molar-refractivity contribution in [1.82, 2.24) is 0 Å². The van der Waals surface area contributed by atoms with E-state index < -0.39 is 11.5 Å². The third kappa shape index (κ3) is 2.55. The molecule has 4 nitrogen and oxygen atoms in total. The molecule has 0 aliphatic rings. The van der Waals surface area contributed by atoms with E-state index >= 15 is 0 Å². The second kappa shape index (κ2) is 5.68. The highest BCUT2D eigenvalue weighted by molar-refractivity contribution is 5.89. The van der Waals surface area contributed by atoms with Crippen molar-refractivity contribution < 1.29 is 9.90 Å². The highest BCUT2D eigenvalue weighted by Crippen LogP contribution is 2.34. The Morgan fingerprint density at radius 3 is 2.10 bits per heavy atom. The van der Waals surface area contributed by atoms with Gasteiger partial charge in [-0.25, -0.2) is 0 Å². The van der Waals surface area contributed by atoms with Crippen molar-refractivity contribution >= 4 is 5.91 Å². The molecule has 0 bridgehead atoms. The van der Waals surface area contributed by atoms with E-state index in [2.05, 4.69) is 0 Å². The maximum atomic E-state index is 12.0. The van der Waals surface area contributed by atoms with E-state index in [-0.39, 0.29) is 0 Å². The molecule has 2 aromatic carbocycles. The van der Waals surface area contributed by atoms with E-state index in [0.29, 0.717) is 17.7 Å². The van der Waals surface area contributed by atoms with Gasteiger partial charge in [0.15, 0.2) is 5.60 Å². The molecule has 4 heteroatoms. The first-order valence-electron chi connectivity index (χ1n) is 6.79. The summed E-state index contributed by atoms with van der Waals surface area (Å²) in [5, 5.41) is 11.1. The molecule has 5 N–H and O–H groups in total. The third-order valence-corrected chi connectivity index (χ3v) is 3.74. The first kappa shape index (κ1) is 15.2. The molecule has 0 fully saturated rings. The summed E-state index contributed by atoms with van der Waals surface area (Å²) in [5.41, 5.74) is 12.9. The lowest BCUT2D eigenvalue weighted by Gasteiger charge is -2.29. The summed E-state index contributed by atoms with van der Waals surface area (Å²) in [6.45, 7) is 4.10. The Balaban J connectivity index is 2.73. The maximum Gasteiger partial charge on any atom is 0.258 e. The zero-order valence-electron chi connectivity index (χ0n) is 12.3. The number of aliphatic hydroxyl groups is 1. The number of nitrogens with two attached hydrogens (primary N) is 2. The van der Waals surface area contributed by atoms with Crippen LogP contribution in [0.4, 0.5) is 0 Å². The predicted octanol–water partition coefficient (Wildman–Crippen LogP) is 1.48. The summed E-state index contributed by atoms with van der Waals surface area (Å²) >= 11 is 0. The van der Waals surface area contributed by atoms with Crippen LogP contribution in [0.5, 0.6) is 0 Å². The van der Waals surface area contributed by atoms with Crippen molar-refractivity contribution in [3.05, 3.63) is 70.3 Å². The molecule has 0 saturated heterocycles. The zero-order valence-corrected chi connectivity index (χ0v) is 12.3.